The van der Waals surface area contributed by atoms with Crippen LogP contribution in [0.2, 0.25) is 5.02 Å². The summed E-state index contributed by atoms with van der Waals surface area (Å²) >= 11 is 11.4. The highest BCUT2D eigenvalue weighted by atomic mass is 35.5. The number of aromatic hydroxyl groups is 1. The van der Waals surface area contributed by atoms with E-state index >= 15 is 0 Å². The van der Waals surface area contributed by atoms with E-state index in [0.29, 0.717) is 33.7 Å². The lowest BCUT2D eigenvalue weighted by molar-refractivity contribution is 0.111. The molecular formula is C19H20ClN3O3S. The average molecular weight is 406 g/mol. The number of phenols is 1. The fourth-order valence-electron chi connectivity index (χ4n) is 2.79. The zero-order chi connectivity index (χ0) is 19.6. The largest absolute Gasteiger partial charge is 0.508 e. The molecule has 27 heavy (non-hydrogen) atoms. The first-order valence-corrected chi connectivity index (χ1v) is 9.05. The molecule has 0 bridgehead atoms. The van der Waals surface area contributed by atoms with Crippen LogP contribution in [-0.4, -0.2) is 28.6 Å². The molecule has 0 radical (unpaired) electrons. The second-order valence-corrected chi connectivity index (χ2v) is 7.51. The van der Waals surface area contributed by atoms with Gasteiger partial charge in [-0.2, -0.15) is 5.10 Å². The topological polar surface area (TPSA) is 75.1 Å². The summed E-state index contributed by atoms with van der Waals surface area (Å²) in [5.74, 6) is 1.41. The minimum Gasteiger partial charge on any atom is -0.508 e. The second kappa shape index (κ2) is 7.62. The number of benzene rings is 2. The molecule has 1 aliphatic heterocycles. The number of thiocarbonyl (C=S) groups is 1. The fraction of sp³-hybridized carbons (Fsp3) is 0.263. The molecule has 3 N–H and O–H groups in total. The third-order valence-corrected chi connectivity index (χ3v) is 4.44. The van der Waals surface area contributed by atoms with Crippen LogP contribution in [0.3, 0.4) is 0 Å². The van der Waals surface area contributed by atoms with Crippen molar-refractivity contribution < 1.29 is 14.6 Å². The SMILES string of the molecule is COc1ccc(NC(=S)N/N=C2/CC(C)(C)Oc3ccc(O)cc32)cc1Cl. The number of phenolic OH excluding ortho intramolecular Hbond substituents is 1. The number of hydrazone groups is 1. The van der Waals surface area contributed by atoms with Gasteiger partial charge in [0, 0.05) is 17.7 Å². The van der Waals surface area contributed by atoms with Gasteiger partial charge in [0.1, 0.15) is 22.8 Å². The maximum absolute atomic E-state index is 9.79. The van der Waals surface area contributed by atoms with E-state index in [9.17, 15) is 5.11 Å². The van der Waals surface area contributed by atoms with Crippen LogP contribution in [0.5, 0.6) is 17.2 Å². The molecule has 8 heteroatoms. The monoisotopic (exact) mass is 405 g/mol. The fourth-order valence-corrected chi connectivity index (χ4v) is 3.21. The Balaban J connectivity index is 1.76. The molecule has 0 saturated heterocycles. The van der Waals surface area contributed by atoms with Gasteiger partial charge in [-0.05, 0) is 62.5 Å². The highest BCUT2D eigenvalue weighted by molar-refractivity contribution is 7.80. The number of anilines is 1. The highest BCUT2D eigenvalue weighted by Gasteiger charge is 2.31. The molecule has 0 atom stereocenters. The van der Waals surface area contributed by atoms with Crippen LogP contribution < -0.4 is 20.2 Å². The number of rotatable bonds is 3. The molecule has 0 aliphatic carbocycles. The highest BCUT2D eigenvalue weighted by Crippen LogP contribution is 2.35. The minimum atomic E-state index is -0.414. The Morgan fingerprint density at radius 1 is 1.30 bits per heavy atom. The lowest BCUT2D eigenvalue weighted by Gasteiger charge is -2.33. The third kappa shape index (κ3) is 4.61. The Bertz CT molecular complexity index is 915. The van der Waals surface area contributed by atoms with Crippen molar-refractivity contribution >= 4 is 40.3 Å². The molecule has 0 unspecified atom stereocenters. The quantitative estimate of drug-likeness (QED) is 0.522. The van der Waals surface area contributed by atoms with E-state index in [-0.39, 0.29) is 5.75 Å². The van der Waals surface area contributed by atoms with Crippen molar-refractivity contribution in [3.63, 3.8) is 0 Å². The molecule has 0 saturated carbocycles. The molecule has 1 aliphatic rings. The van der Waals surface area contributed by atoms with E-state index in [1.165, 1.54) is 0 Å². The zero-order valence-electron chi connectivity index (χ0n) is 15.2. The van der Waals surface area contributed by atoms with E-state index in [4.69, 9.17) is 33.3 Å². The number of nitrogens with zero attached hydrogens (tertiary/aromatic N) is 1. The summed E-state index contributed by atoms with van der Waals surface area (Å²) in [6.07, 6.45) is 0.563. The number of methoxy groups -OCH3 is 1. The first-order valence-electron chi connectivity index (χ1n) is 8.27. The Kier molecular flexibility index (Phi) is 5.43. The first-order chi connectivity index (χ1) is 12.8. The maximum Gasteiger partial charge on any atom is 0.191 e. The van der Waals surface area contributed by atoms with Crippen molar-refractivity contribution in [2.24, 2.45) is 5.10 Å². The summed E-state index contributed by atoms with van der Waals surface area (Å²) in [6, 6.07) is 10.2. The Hall–Kier alpha value is -2.51. The van der Waals surface area contributed by atoms with E-state index in [1.807, 2.05) is 13.8 Å². The molecule has 0 aromatic heterocycles. The van der Waals surface area contributed by atoms with Crippen LogP contribution in [0.1, 0.15) is 25.8 Å². The predicted molar refractivity (Wildman–Crippen MR) is 111 cm³/mol. The summed E-state index contributed by atoms with van der Waals surface area (Å²) in [5, 5.41) is 18.0. The number of hydrogen-bond acceptors (Lipinski definition) is 5. The van der Waals surface area contributed by atoms with E-state index in [1.54, 1.807) is 43.5 Å². The molecule has 0 amide bonds. The molecule has 1 heterocycles. The summed E-state index contributed by atoms with van der Waals surface area (Å²) in [6.45, 7) is 3.96. The van der Waals surface area contributed by atoms with Gasteiger partial charge in [0.2, 0.25) is 0 Å². The molecule has 3 rings (SSSR count). The lowest BCUT2D eigenvalue weighted by atomic mass is 9.92. The van der Waals surface area contributed by atoms with E-state index < -0.39 is 5.60 Å². The Morgan fingerprint density at radius 3 is 2.78 bits per heavy atom. The number of nitrogens with one attached hydrogen (secondary N) is 2. The zero-order valence-corrected chi connectivity index (χ0v) is 16.7. The third-order valence-electron chi connectivity index (χ3n) is 3.96. The molecule has 0 spiro atoms. The van der Waals surface area contributed by atoms with Crippen LogP contribution in [0.25, 0.3) is 0 Å². The molecular weight excluding hydrogens is 386 g/mol. The molecule has 2 aromatic rings. The normalized spacial score (nSPS) is 16.2. The van der Waals surface area contributed by atoms with Crippen LogP contribution in [0, 0.1) is 0 Å². The van der Waals surface area contributed by atoms with Gasteiger partial charge in [0.15, 0.2) is 5.11 Å². The minimum absolute atomic E-state index is 0.151. The molecule has 2 aromatic carbocycles. The maximum atomic E-state index is 9.79. The number of ether oxygens (including phenoxy) is 2. The smallest absolute Gasteiger partial charge is 0.191 e. The van der Waals surface area contributed by atoms with Crippen molar-refractivity contribution in [2.75, 3.05) is 12.4 Å². The number of hydrogen-bond donors (Lipinski definition) is 3. The van der Waals surface area contributed by atoms with Crippen molar-refractivity contribution in [3.05, 3.63) is 47.0 Å². The van der Waals surface area contributed by atoms with Gasteiger partial charge in [-0.25, -0.2) is 0 Å². The van der Waals surface area contributed by atoms with Crippen LogP contribution >= 0.6 is 23.8 Å². The van der Waals surface area contributed by atoms with Crippen LogP contribution in [0.4, 0.5) is 5.69 Å². The predicted octanol–water partition coefficient (Wildman–Crippen LogP) is 4.31. The van der Waals surface area contributed by atoms with Crippen LogP contribution in [-0.2, 0) is 0 Å². The van der Waals surface area contributed by atoms with Gasteiger partial charge in [-0.3, -0.25) is 5.43 Å². The van der Waals surface area contributed by atoms with Crippen molar-refractivity contribution in [3.8, 4) is 17.2 Å². The summed E-state index contributed by atoms with van der Waals surface area (Å²) < 4.78 is 11.1. The van der Waals surface area contributed by atoms with E-state index in [2.05, 4.69) is 15.8 Å². The van der Waals surface area contributed by atoms with Crippen molar-refractivity contribution in [2.45, 2.75) is 25.9 Å². The van der Waals surface area contributed by atoms with Gasteiger partial charge in [-0.15, -0.1) is 0 Å². The van der Waals surface area contributed by atoms with Gasteiger partial charge >= 0.3 is 0 Å². The number of fused-ring (bicyclic) bond motifs is 1. The average Bonchev–Trinajstić information content (AvgIpc) is 2.60. The first kappa shape index (κ1) is 19.3. The Morgan fingerprint density at radius 2 is 2.07 bits per heavy atom. The summed E-state index contributed by atoms with van der Waals surface area (Å²) in [5.41, 5.74) is 4.62. The summed E-state index contributed by atoms with van der Waals surface area (Å²) in [7, 11) is 1.56. The molecule has 142 valence electrons. The number of halogens is 1. The lowest BCUT2D eigenvalue weighted by Crippen LogP contribution is -2.37. The van der Waals surface area contributed by atoms with Gasteiger partial charge in [0.05, 0.1) is 17.8 Å². The van der Waals surface area contributed by atoms with Gasteiger partial charge in [0.25, 0.3) is 0 Å². The summed E-state index contributed by atoms with van der Waals surface area (Å²) in [4.78, 5) is 0. The van der Waals surface area contributed by atoms with Crippen LogP contribution in [0.15, 0.2) is 41.5 Å². The standard InChI is InChI=1S/C19H20ClN3O3S/c1-19(2)10-15(13-9-12(24)5-7-16(13)26-19)22-23-18(27)21-11-4-6-17(25-3)14(20)8-11/h4-9,24H,10H2,1-3H3,(H2,21,23,27)/b22-15-. The second-order valence-electron chi connectivity index (χ2n) is 6.69. The molecule has 6 nitrogen and oxygen atoms in total. The van der Waals surface area contributed by atoms with Crippen molar-refractivity contribution in [1.82, 2.24) is 5.43 Å². The molecule has 0 fully saturated rings. The van der Waals surface area contributed by atoms with Gasteiger partial charge in [-0.1, -0.05) is 11.6 Å². The Labute approximate surface area is 168 Å². The van der Waals surface area contributed by atoms with Crippen molar-refractivity contribution in [1.29, 1.82) is 0 Å². The van der Waals surface area contributed by atoms with Gasteiger partial charge < -0.3 is 19.9 Å². The van der Waals surface area contributed by atoms with E-state index in [0.717, 1.165) is 11.3 Å².